The standard InChI is InChI=1S/C20H29NO4/c1-14-8-5-6-11-18(14)21(13-15(2)20(23)25-4)19(22)16-9-7-10-17(12-16)24-3/h7,9-10,12,14-15,18H,5-6,8,11,13H2,1-4H3. The number of methoxy groups -OCH3 is 2. The van der Waals surface area contributed by atoms with Gasteiger partial charge in [-0.25, -0.2) is 0 Å². The van der Waals surface area contributed by atoms with E-state index in [1.165, 1.54) is 13.5 Å². The molecule has 0 N–H and O–H groups in total. The van der Waals surface area contributed by atoms with E-state index >= 15 is 0 Å². The second-order valence-electron chi connectivity index (χ2n) is 6.94. The highest BCUT2D eigenvalue weighted by Crippen LogP contribution is 2.30. The van der Waals surface area contributed by atoms with E-state index in [1.807, 2.05) is 24.0 Å². The predicted octanol–water partition coefficient (Wildman–Crippen LogP) is 3.53. The van der Waals surface area contributed by atoms with E-state index in [-0.39, 0.29) is 23.8 Å². The van der Waals surface area contributed by atoms with Crippen LogP contribution < -0.4 is 4.74 Å². The fourth-order valence-electron chi connectivity index (χ4n) is 3.62. The van der Waals surface area contributed by atoms with Crippen LogP contribution >= 0.6 is 0 Å². The number of hydrogen-bond acceptors (Lipinski definition) is 4. The monoisotopic (exact) mass is 347 g/mol. The lowest BCUT2D eigenvalue weighted by Gasteiger charge is -2.39. The van der Waals surface area contributed by atoms with Gasteiger partial charge in [-0.1, -0.05) is 32.8 Å². The number of amides is 1. The Hall–Kier alpha value is -2.04. The fraction of sp³-hybridized carbons (Fsp3) is 0.600. The van der Waals surface area contributed by atoms with Gasteiger partial charge < -0.3 is 14.4 Å². The second kappa shape index (κ2) is 8.88. The number of carbonyl (C=O) groups is 2. The minimum atomic E-state index is -0.353. The maximum atomic E-state index is 13.2. The maximum absolute atomic E-state index is 13.2. The molecule has 3 unspecified atom stereocenters. The highest BCUT2D eigenvalue weighted by Gasteiger charge is 2.33. The van der Waals surface area contributed by atoms with Crippen molar-refractivity contribution in [2.24, 2.45) is 11.8 Å². The van der Waals surface area contributed by atoms with E-state index in [2.05, 4.69) is 6.92 Å². The summed E-state index contributed by atoms with van der Waals surface area (Å²) >= 11 is 0. The number of esters is 1. The zero-order chi connectivity index (χ0) is 18.4. The van der Waals surface area contributed by atoms with Crippen molar-refractivity contribution in [1.29, 1.82) is 0 Å². The largest absolute Gasteiger partial charge is 0.497 e. The van der Waals surface area contributed by atoms with Crippen LogP contribution in [-0.2, 0) is 9.53 Å². The third-order valence-electron chi connectivity index (χ3n) is 5.12. The van der Waals surface area contributed by atoms with Crippen LogP contribution in [-0.4, -0.2) is 43.6 Å². The zero-order valence-electron chi connectivity index (χ0n) is 15.7. The molecule has 0 saturated heterocycles. The number of ether oxygens (including phenoxy) is 2. The van der Waals surface area contributed by atoms with Crippen LogP contribution in [0, 0.1) is 11.8 Å². The van der Waals surface area contributed by atoms with Gasteiger partial charge in [-0.3, -0.25) is 9.59 Å². The van der Waals surface area contributed by atoms with Gasteiger partial charge in [0.2, 0.25) is 0 Å². The molecule has 0 bridgehead atoms. The Labute approximate surface area is 150 Å². The first-order valence-electron chi connectivity index (χ1n) is 9.00. The Morgan fingerprint density at radius 3 is 2.60 bits per heavy atom. The van der Waals surface area contributed by atoms with E-state index in [0.29, 0.717) is 23.8 Å². The number of hydrogen-bond donors (Lipinski definition) is 0. The van der Waals surface area contributed by atoms with E-state index < -0.39 is 0 Å². The molecule has 1 aliphatic rings. The molecule has 0 aromatic heterocycles. The molecule has 138 valence electrons. The van der Waals surface area contributed by atoms with Gasteiger partial charge in [0.15, 0.2) is 0 Å². The van der Waals surface area contributed by atoms with Crippen molar-refractivity contribution >= 4 is 11.9 Å². The lowest BCUT2D eigenvalue weighted by atomic mass is 9.84. The molecule has 0 spiro atoms. The smallest absolute Gasteiger partial charge is 0.310 e. The molecule has 1 aromatic rings. The van der Waals surface area contributed by atoms with Gasteiger partial charge in [-0.15, -0.1) is 0 Å². The van der Waals surface area contributed by atoms with Gasteiger partial charge in [0, 0.05) is 18.2 Å². The van der Waals surface area contributed by atoms with Crippen molar-refractivity contribution in [1.82, 2.24) is 4.90 Å². The Balaban J connectivity index is 2.28. The van der Waals surface area contributed by atoms with E-state index in [9.17, 15) is 9.59 Å². The van der Waals surface area contributed by atoms with Crippen LogP contribution in [0.25, 0.3) is 0 Å². The molecule has 5 heteroatoms. The van der Waals surface area contributed by atoms with Gasteiger partial charge in [0.05, 0.1) is 20.1 Å². The van der Waals surface area contributed by atoms with E-state index in [1.54, 1.807) is 19.2 Å². The SMILES string of the molecule is COC(=O)C(C)CN(C(=O)c1cccc(OC)c1)C1CCCCC1C. The average Bonchev–Trinajstić information content (AvgIpc) is 2.65. The lowest BCUT2D eigenvalue weighted by molar-refractivity contribution is -0.145. The van der Waals surface area contributed by atoms with Crippen molar-refractivity contribution in [3.8, 4) is 5.75 Å². The highest BCUT2D eigenvalue weighted by molar-refractivity contribution is 5.95. The summed E-state index contributed by atoms with van der Waals surface area (Å²) in [5, 5.41) is 0. The highest BCUT2D eigenvalue weighted by atomic mass is 16.5. The topological polar surface area (TPSA) is 55.8 Å². The van der Waals surface area contributed by atoms with Gasteiger partial charge in [0.25, 0.3) is 5.91 Å². The lowest BCUT2D eigenvalue weighted by Crippen LogP contribution is -2.48. The molecule has 1 fully saturated rings. The summed E-state index contributed by atoms with van der Waals surface area (Å²) in [4.78, 5) is 27.0. The van der Waals surface area contributed by atoms with Gasteiger partial charge >= 0.3 is 5.97 Å². The number of carbonyl (C=O) groups excluding carboxylic acids is 2. The number of rotatable bonds is 6. The molecule has 3 atom stereocenters. The summed E-state index contributed by atoms with van der Waals surface area (Å²) in [6, 6.07) is 7.35. The van der Waals surface area contributed by atoms with Crippen molar-refractivity contribution < 1.29 is 19.1 Å². The number of benzene rings is 1. The quantitative estimate of drug-likeness (QED) is 0.739. The third-order valence-corrected chi connectivity index (χ3v) is 5.12. The van der Waals surface area contributed by atoms with Crippen molar-refractivity contribution in [2.75, 3.05) is 20.8 Å². The molecule has 0 heterocycles. The normalized spacial score (nSPS) is 21.3. The van der Waals surface area contributed by atoms with Crippen LogP contribution in [0.2, 0.25) is 0 Å². The summed E-state index contributed by atoms with van der Waals surface area (Å²) in [7, 11) is 2.97. The van der Waals surface area contributed by atoms with Crippen LogP contribution in [0.3, 0.4) is 0 Å². The summed E-state index contributed by atoms with van der Waals surface area (Å²) in [5.74, 6) is 0.394. The molecule has 0 aliphatic heterocycles. The molecule has 1 aromatic carbocycles. The maximum Gasteiger partial charge on any atom is 0.310 e. The second-order valence-corrected chi connectivity index (χ2v) is 6.94. The van der Waals surface area contributed by atoms with Gasteiger partial charge in [0.1, 0.15) is 5.75 Å². The molecule has 1 saturated carbocycles. The first-order chi connectivity index (χ1) is 12.0. The first kappa shape index (κ1) is 19.3. The van der Waals surface area contributed by atoms with Crippen LogP contribution in [0.1, 0.15) is 49.9 Å². The van der Waals surface area contributed by atoms with Crippen molar-refractivity contribution in [3.05, 3.63) is 29.8 Å². The number of nitrogens with zero attached hydrogens (tertiary/aromatic N) is 1. The molecular formula is C20H29NO4. The Morgan fingerprint density at radius 2 is 1.96 bits per heavy atom. The Bertz CT molecular complexity index is 601. The summed E-state index contributed by atoms with van der Waals surface area (Å²) in [5.41, 5.74) is 0.592. The molecule has 25 heavy (non-hydrogen) atoms. The Kier molecular flexibility index (Phi) is 6.85. The van der Waals surface area contributed by atoms with Crippen molar-refractivity contribution in [3.63, 3.8) is 0 Å². The Morgan fingerprint density at radius 1 is 1.24 bits per heavy atom. The summed E-state index contributed by atoms with van der Waals surface area (Å²) in [6.45, 7) is 4.38. The summed E-state index contributed by atoms with van der Waals surface area (Å²) in [6.07, 6.45) is 4.40. The third kappa shape index (κ3) is 4.74. The van der Waals surface area contributed by atoms with Gasteiger partial charge in [-0.05, 0) is 37.0 Å². The van der Waals surface area contributed by atoms with E-state index in [0.717, 1.165) is 19.3 Å². The molecular weight excluding hydrogens is 318 g/mol. The molecule has 1 amide bonds. The first-order valence-corrected chi connectivity index (χ1v) is 9.00. The molecule has 2 rings (SSSR count). The molecule has 5 nitrogen and oxygen atoms in total. The summed E-state index contributed by atoms with van der Waals surface area (Å²) < 4.78 is 10.1. The molecule has 1 aliphatic carbocycles. The predicted molar refractivity (Wildman–Crippen MR) is 96.6 cm³/mol. The van der Waals surface area contributed by atoms with Crippen LogP contribution in [0.15, 0.2) is 24.3 Å². The van der Waals surface area contributed by atoms with Crippen LogP contribution in [0.5, 0.6) is 5.75 Å². The minimum Gasteiger partial charge on any atom is -0.497 e. The zero-order valence-corrected chi connectivity index (χ0v) is 15.7. The fourth-order valence-corrected chi connectivity index (χ4v) is 3.62. The van der Waals surface area contributed by atoms with E-state index in [4.69, 9.17) is 9.47 Å². The van der Waals surface area contributed by atoms with Gasteiger partial charge in [-0.2, -0.15) is 0 Å². The van der Waals surface area contributed by atoms with Crippen molar-refractivity contribution in [2.45, 2.75) is 45.6 Å². The average molecular weight is 347 g/mol. The molecule has 0 radical (unpaired) electrons. The van der Waals surface area contributed by atoms with Crippen LogP contribution in [0.4, 0.5) is 0 Å². The minimum absolute atomic E-state index is 0.0478.